The van der Waals surface area contributed by atoms with Crippen LogP contribution in [0.5, 0.6) is 11.5 Å². The first-order chi connectivity index (χ1) is 13.3. The minimum absolute atomic E-state index is 0.0334. The molecule has 0 heterocycles. The zero-order valence-corrected chi connectivity index (χ0v) is 15.9. The predicted octanol–water partition coefficient (Wildman–Crippen LogP) is 2.68. The van der Waals surface area contributed by atoms with Crippen LogP contribution >= 0.6 is 0 Å². The van der Waals surface area contributed by atoms with Crippen LogP contribution in [0.15, 0.2) is 48.5 Å². The number of carbonyl (C=O) groups is 2. The molecule has 0 fully saturated rings. The number of aryl methyl sites for hydroxylation is 1. The summed E-state index contributed by atoms with van der Waals surface area (Å²) in [6.07, 6.45) is 1.01. The molecule has 6 heteroatoms. The predicted molar refractivity (Wildman–Crippen MR) is 105 cm³/mol. The lowest BCUT2D eigenvalue weighted by atomic mass is 9.89. The van der Waals surface area contributed by atoms with Crippen molar-refractivity contribution in [1.29, 1.82) is 0 Å². The van der Waals surface area contributed by atoms with Crippen molar-refractivity contribution >= 4 is 11.6 Å². The number of Topliss-reactive ketones (excluding diaryl/α,β-unsaturated/α-hetero) is 2. The molecule has 0 saturated carbocycles. The fraction of sp³-hybridized carbons (Fsp3) is 0.364. The number of rotatable bonds is 11. The Labute approximate surface area is 164 Å². The Kier molecular flexibility index (Phi) is 7.72. The molecule has 0 aliphatic rings. The van der Waals surface area contributed by atoms with Gasteiger partial charge in [0.05, 0.1) is 6.61 Å². The number of aliphatic hydroxyl groups excluding tert-OH is 1. The molecule has 0 aliphatic heterocycles. The van der Waals surface area contributed by atoms with Crippen molar-refractivity contribution in [3.63, 3.8) is 0 Å². The van der Waals surface area contributed by atoms with Crippen LogP contribution in [0.2, 0.25) is 0 Å². The van der Waals surface area contributed by atoms with Gasteiger partial charge in [0.25, 0.3) is 0 Å². The van der Waals surface area contributed by atoms with Gasteiger partial charge in [0.1, 0.15) is 29.5 Å². The first kappa shape index (κ1) is 21.6. The van der Waals surface area contributed by atoms with Gasteiger partial charge in [0.15, 0.2) is 5.78 Å². The van der Waals surface area contributed by atoms with E-state index in [1.165, 1.54) is 6.92 Å². The SMILES string of the molecule is CC(O)(CCC(=O)CCc1ccc(O)cc1)C(=O)c1ccc(OCCO)cc1. The first-order valence-corrected chi connectivity index (χ1v) is 9.22. The zero-order valence-electron chi connectivity index (χ0n) is 15.9. The second kappa shape index (κ2) is 10.0. The highest BCUT2D eigenvalue weighted by Gasteiger charge is 2.31. The molecule has 2 rings (SSSR count). The number of hydrogen-bond acceptors (Lipinski definition) is 6. The molecule has 0 aromatic heterocycles. The van der Waals surface area contributed by atoms with Crippen LogP contribution in [0.25, 0.3) is 0 Å². The van der Waals surface area contributed by atoms with Crippen molar-refractivity contribution in [2.45, 2.75) is 38.2 Å². The van der Waals surface area contributed by atoms with Crippen LogP contribution in [0.3, 0.4) is 0 Å². The van der Waals surface area contributed by atoms with Crippen molar-refractivity contribution in [2.24, 2.45) is 0 Å². The molecule has 0 aliphatic carbocycles. The van der Waals surface area contributed by atoms with E-state index in [2.05, 4.69) is 0 Å². The molecule has 6 nitrogen and oxygen atoms in total. The Balaban J connectivity index is 1.84. The average Bonchev–Trinajstić information content (AvgIpc) is 2.70. The van der Waals surface area contributed by atoms with E-state index in [0.29, 0.717) is 24.2 Å². The van der Waals surface area contributed by atoms with Gasteiger partial charge in [0.2, 0.25) is 0 Å². The van der Waals surface area contributed by atoms with Gasteiger partial charge in [-0.1, -0.05) is 12.1 Å². The maximum absolute atomic E-state index is 12.5. The van der Waals surface area contributed by atoms with Gasteiger partial charge in [-0.05, 0) is 61.7 Å². The second-order valence-corrected chi connectivity index (χ2v) is 6.90. The molecule has 0 amide bonds. The molecule has 0 saturated heterocycles. The molecule has 1 unspecified atom stereocenters. The zero-order chi connectivity index (χ0) is 20.6. The highest BCUT2D eigenvalue weighted by Crippen LogP contribution is 2.22. The average molecular weight is 386 g/mol. The fourth-order valence-corrected chi connectivity index (χ4v) is 2.74. The summed E-state index contributed by atoms with van der Waals surface area (Å²) in [4.78, 5) is 24.7. The third-order valence-electron chi connectivity index (χ3n) is 4.49. The van der Waals surface area contributed by atoms with E-state index in [-0.39, 0.29) is 37.6 Å². The van der Waals surface area contributed by atoms with Crippen molar-refractivity contribution < 1.29 is 29.6 Å². The second-order valence-electron chi connectivity index (χ2n) is 6.90. The van der Waals surface area contributed by atoms with Crippen molar-refractivity contribution in [2.75, 3.05) is 13.2 Å². The number of ketones is 2. The molecular formula is C22H26O6. The van der Waals surface area contributed by atoms with Crippen LogP contribution in [-0.4, -0.2) is 45.7 Å². The van der Waals surface area contributed by atoms with Crippen molar-refractivity contribution in [1.82, 2.24) is 0 Å². The van der Waals surface area contributed by atoms with Gasteiger partial charge in [-0.15, -0.1) is 0 Å². The van der Waals surface area contributed by atoms with Gasteiger partial charge < -0.3 is 20.1 Å². The van der Waals surface area contributed by atoms with E-state index in [0.717, 1.165) is 5.56 Å². The Bertz CT molecular complexity index is 778. The van der Waals surface area contributed by atoms with Gasteiger partial charge in [-0.2, -0.15) is 0 Å². The lowest BCUT2D eigenvalue weighted by Crippen LogP contribution is -2.35. The minimum atomic E-state index is -1.64. The van der Waals surface area contributed by atoms with Crippen molar-refractivity contribution in [3.05, 3.63) is 59.7 Å². The Hall–Kier alpha value is -2.70. The minimum Gasteiger partial charge on any atom is -0.508 e. The molecule has 150 valence electrons. The normalized spacial score (nSPS) is 13.0. The molecular weight excluding hydrogens is 360 g/mol. The summed E-state index contributed by atoms with van der Waals surface area (Å²) in [5.74, 6) is 0.216. The van der Waals surface area contributed by atoms with E-state index in [9.17, 15) is 19.8 Å². The number of carbonyl (C=O) groups excluding carboxylic acids is 2. The monoisotopic (exact) mass is 386 g/mol. The maximum Gasteiger partial charge on any atom is 0.194 e. The van der Waals surface area contributed by atoms with E-state index in [4.69, 9.17) is 9.84 Å². The summed E-state index contributed by atoms with van der Waals surface area (Å²) in [7, 11) is 0. The number of hydrogen-bond donors (Lipinski definition) is 3. The van der Waals surface area contributed by atoms with E-state index >= 15 is 0 Å². The third-order valence-corrected chi connectivity index (χ3v) is 4.49. The summed E-state index contributed by atoms with van der Waals surface area (Å²) in [6.45, 7) is 1.48. The van der Waals surface area contributed by atoms with Crippen LogP contribution in [0.1, 0.15) is 42.1 Å². The molecule has 0 spiro atoms. The summed E-state index contributed by atoms with van der Waals surface area (Å²) >= 11 is 0. The number of phenols is 1. The third kappa shape index (κ3) is 6.48. The molecule has 2 aromatic rings. The van der Waals surface area contributed by atoms with Crippen molar-refractivity contribution in [3.8, 4) is 11.5 Å². The van der Waals surface area contributed by atoms with Crippen LogP contribution in [0.4, 0.5) is 0 Å². The summed E-state index contributed by atoms with van der Waals surface area (Å²) in [5, 5.41) is 28.5. The lowest BCUT2D eigenvalue weighted by molar-refractivity contribution is -0.119. The number of aliphatic hydroxyl groups is 2. The Morgan fingerprint density at radius 3 is 2.25 bits per heavy atom. The summed E-state index contributed by atoms with van der Waals surface area (Å²) < 4.78 is 5.24. The number of phenolic OH excluding ortho intramolecular Hbond substituents is 1. The summed E-state index contributed by atoms with van der Waals surface area (Å²) in [6, 6.07) is 13.0. The van der Waals surface area contributed by atoms with Gasteiger partial charge in [-0.3, -0.25) is 9.59 Å². The highest BCUT2D eigenvalue weighted by atomic mass is 16.5. The van der Waals surface area contributed by atoms with E-state index in [1.807, 2.05) is 0 Å². The molecule has 1 atom stereocenters. The molecule has 3 N–H and O–H groups in total. The quantitative estimate of drug-likeness (QED) is 0.513. The number of benzene rings is 2. The van der Waals surface area contributed by atoms with Crippen LogP contribution < -0.4 is 4.74 Å². The smallest absolute Gasteiger partial charge is 0.194 e. The lowest BCUT2D eigenvalue weighted by Gasteiger charge is -2.21. The van der Waals surface area contributed by atoms with E-state index in [1.54, 1.807) is 48.5 Å². The standard InChI is InChI=1S/C22H26O6/c1-22(27,21(26)17-5-10-20(11-6-17)28-15-14-23)13-12-19(25)9-4-16-2-7-18(24)8-3-16/h2-3,5-8,10-11,23-24,27H,4,9,12-15H2,1H3. The van der Waals surface area contributed by atoms with Gasteiger partial charge in [0, 0.05) is 18.4 Å². The van der Waals surface area contributed by atoms with E-state index < -0.39 is 11.4 Å². The number of aromatic hydroxyl groups is 1. The summed E-state index contributed by atoms with van der Waals surface area (Å²) in [5.41, 5.74) is -0.364. The maximum atomic E-state index is 12.5. The molecule has 0 radical (unpaired) electrons. The van der Waals surface area contributed by atoms with Gasteiger partial charge >= 0.3 is 0 Å². The Morgan fingerprint density at radius 1 is 1.00 bits per heavy atom. The Morgan fingerprint density at radius 2 is 1.64 bits per heavy atom. The van der Waals surface area contributed by atoms with Crippen LogP contribution in [-0.2, 0) is 11.2 Å². The van der Waals surface area contributed by atoms with Gasteiger partial charge in [-0.25, -0.2) is 0 Å². The fourth-order valence-electron chi connectivity index (χ4n) is 2.74. The van der Waals surface area contributed by atoms with Crippen LogP contribution in [0, 0.1) is 0 Å². The molecule has 28 heavy (non-hydrogen) atoms. The highest BCUT2D eigenvalue weighted by molar-refractivity contribution is 6.02. The topological polar surface area (TPSA) is 104 Å². The number of ether oxygens (including phenoxy) is 1. The molecule has 2 aromatic carbocycles. The largest absolute Gasteiger partial charge is 0.508 e. The first-order valence-electron chi connectivity index (χ1n) is 9.22. The molecule has 0 bridgehead atoms.